The third-order valence-corrected chi connectivity index (χ3v) is 5.64. The lowest BCUT2D eigenvalue weighted by Gasteiger charge is -2.16. The van der Waals surface area contributed by atoms with Crippen molar-refractivity contribution in [2.24, 2.45) is 7.05 Å². The number of halogens is 1. The van der Waals surface area contributed by atoms with E-state index >= 15 is 0 Å². The summed E-state index contributed by atoms with van der Waals surface area (Å²) >= 11 is 0. The molecule has 1 aliphatic heterocycles. The van der Waals surface area contributed by atoms with Crippen molar-refractivity contribution in [1.29, 1.82) is 0 Å². The highest BCUT2D eigenvalue weighted by atomic mass is 19.1. The van der Waals surface area contributed by atoms with Crippen LogP contribution < -0.4 is 20.9 Å². The molecule has 4 aromatic rings. The molecular weight excluding hydrogens is 401 g/mol. The normalized spacial score (nSPS) is 13.1. The lowest BCUT2D eigenvalue weighted by atomic mass is 10.2. The van der Waals surface area contributed by atoms with Crippen LogP contribution in [-0.4, -0.2) is 32.3 Å². The minimum absolute atomic E-state index is 0.0600. The SMILES string of the molecule is COc1ccc(N2CCn3c2nc2c3c(=O)n(Cc3ccc(F)cc3)c(=O)n2C)cc1. The van der Waals surface area contributed by atoms with E-state index in [1.54, 1.807) is 26.3 Å². The first-order valence-corrected chi connectivity index (χ1v) is 9.84. The molecule has 2 aromatic carbocycles. The molecule has 0 aliphatic carbocycles. The number of anilines is 2. The van der Waals surface area contributed by atoms with Crippen molar-refractivity contribution in [3.63, 3.8) is 0 Å². The second-order valence-electron chi connectivity index (χ2n) is 7.44. The quantitative estimate of drug-likeness (QED) is 0.505. The zero-order chi connectivity index (χ0) is 21.7. The minimum atomic E-state index is -0.463. The Balaban J connectivity index is 1.63. The number of nitrogens with zero attached hydrogens (tertiary/aromatic N) is 5. The molecule has 0 fully saturated rings. The van der Waals surface area contributed by atoms with Crippen LogP contribution in [0.2, 0.25) is 0 Å². The van der Waals surface area contributed by atoms with Crippen LogP contribution in [0, 0.1) is 5.82 Å². The fourth-order valence-electron chi connectivity index (χ4n) is 4.00. The lowest BCUT2D eigenvalue weighted by Crippen LogP contribution is -2.40. The summed E-state index contributed by atoms with van der Waals surface area (Å²) in [6.07, 6.45) is 0. The highest BCUT2D eigenvalue weighted by Gasteiger charge is 2.28. The number of rotatable bonds is 4. The van der Waals surface area contributed by atoms with Crippen molar-refractivity contribution in [1.82, 2.24) is 18.7 Å². The fraction of sp³-hybridized carbons (Fsp3) is 0.227. The number of aryl methyl sites for hydroxylation is 1. The smallest absolute Gasteiger partial charge is 0.332 e. The molecule has 0 amide bonds. The summed E-state index contributed by atoms with van der Waals surface area (Å²) in [6, 6.07) is 13.4. The molecule has 0 N–H and O–H groups in total. The molecule has 0 atom stereocenters. The Hall–Kier alpha value is -3.88. The first kappa shape index (κ1) is 19.1. The van der Waals surface area contributed by atoms with E-state index in [2.05, 4.69) is 4.98 Å². The zero-order valence-corrected chi connectivity index (χ0v) is 17.1. The van der Waals surface area contributed by atoms with Gasteiger partial charge in [0.25, 0.3) is 5.56 Å². The average Bonchev–Trinajstić information content (AvgIpc) is 3.36. The highest BCUT2D eigenvalue weighted by Crippen LogP contribution is 2.32. The molecule has 5 rings (SSSR count). The van der Waals surface area contributed by atoms with E-state index in [4.69, 9.17) is 4.74 Å². The van der Waals surface area contributed by atoms with Crippen LogP contribution in [0.1, 0.15) is 5.56 Å². The Morgan fingerprint density at radius 1 is 1.03 bits per heavy atom. The Bertz CT molecular complexity index is 1400. The summed E-state index contributed by atoms with van der Waals surface area (Å²) in [5.41, 5.74) is 1.45. The molecular formula is C22H20FN5O3. The number of methoxy groups -OCH3 is 1. The fourth-order valence-corrected chi connectivity index (χ4v) is 4.00. The van der Waals surface area contributed by atoms with Crippen LogP contribution in [0.4, 0.5) is 16.0 Å². The highest BCUT2D eigenvalue weighted by molar-refractivity contribution is 5.77. The van der Waals surface area contributed by atoms with E-state index in [0.29, 0.717) is 35.8 Å². The van der Waals surface area contributed by atoms with Gasteiger partial charge in [-0.3, -0.25) is 13.9 Å². The molecule has 0 spiro atoms. The molecule has 0 radical (unpaired) electrons. The van der Waals surface area contributed by atoms with Gasteiger partial charge in [0.2, 0.25) is 5.95 Å². The molecule has 3 heterocycles. The third-order valence-electron chi connectivity index (χ3n) is 5.64. The standard InChI is InChI=1S/C22H20FN5O3/c1-25-19-18(20(29)28(22(25)30)13-14-3-5-15(23)6-4-14)27-12-11-26(21(27)24-19)16-7-9-17(31-2)10-8-16/h3-10H,11-13H2,1-2H3. The van der Waals surface area contributed by atoms with Crippen molar-refractivity contribution in [3.05, 3.63) is 80.7 Å². The van der Waals surface area contributed by atoms with Crippen LogP contribution >= 0.6 is 0 Å². The van der Waals surface area contributed by atoms with E-state index < -0.39 is 11.2 Å². The number of hydrogen-bond donors (Lipinski definition) is 0. The molecule has 8 nitrogen and oxygen atoms in total. The maximum absolute atomic E-state index is 13.3. The van der Waals surface area contributed by atoms with Gasteiger partial charge in [0.05, 0.1) is 13.7 Å². The Morgan fingerprint density at radius 2 is 1.74 bits per heavy atom. The van der Waals surface area contributed by atoms with E-state index in [0.717, 1.165) is 11.4 Å². The molecule has 158 valence electrons. The monoisotopic (exact) mass is 421 g/mol. The topological polar surface area (TPSA) is 74.3 Å². The van der Waals surface area contributed by atoms with Crippen LogP contribution in [-0.2, 0) is 20.1 Å². The zero-order valence-electron chi connectivity index (χ0n) is 17.1. The van der Waals surface area contributed by atoms with Gasteiger partial charge in [0.1, 0.15) is 11.6 Å². The summed E-state index contributed by atoms with van der Waals surface area (Å²) in [7, 11) is 3.22. The first-order chi connectivity index (χ1) is 15.0. The molecule has 0 unspecified atom stereocenters. The van der Waals surface area contributed by atoms with Crippen molar-refractivity contribution < 1.29 is 9.13 Å². The second-order valence-corrected chi connectivity index (χ2v) is 7.44. The molecule has 31 heavy (non-hydrogen) atoms. The van der Waals surface area contributed by atoms with Crippen LogP contribution in [0.5, 0.6) is 5.75 Å². The van der Waals surface area contributed by atoms with Gasteiger partial charge in [-0.15, -0.1) is 0 Å². The Kier molecular flexibility index (Phi) is 4.39. The Morgan fingerprint density at radius 3 is 2.42 bits per heavy atom. The molecule has 9 heteroatoms. The summed E-state index contributed by atoms with van der Waals surface area (Å²) < 4.78 is 22.9. The van der Waals surface area contributed by atoms with Crippen LogP contribution in [0.15, 0.2) is 58.1 Å². The van der Waals surface area contributed by atoms with E-state index in [1.807, 2.05) is 33.7 Å². The number of aromatic nitrogens is 4. The number of fused-ring (bicyclic) bond motifs is 3. The third kappa shape index (κ3) is 3.00. The molecule has 0 saturated carbocycles. The van der Waals surface area contributed by atoms with Crippen LogP contribution in [0.25, 0.3) is 11.2 Å². The van der Waals surface area contributed by atoms with E-state index in [-0.39, 0.29) is 12.4 Å². The summed E-state index contributed by atoms with van der Waals surface area (Å²) in [5.74, 6) is 1.00. The van der Waals surface area contributed by atoms with Gasteiger partial charge < -0.3 is 14.2 Å². The van der Waals surface area contributed by atoms with Gasteiger partial charge >= 0.3 is 5.69 Å². The largest absolute Gasteiger partial charge is 0.497 e. The number of imidazole rings is 1. The Labute approximate surface area is 176 Å². The summed E-state index contributed by atoms with van der Waals surface area (Å²) in [6.45, 7) is 1.29. The van der Waals surface area contributed by atoms with Gasteiger partial charge in [-0.2, -0.15) is 4.98 Å². The van der Waals surface area contributed by atoms with Gasteiger partial charge in [0.15, 0.2) is 11.2 Å². The van der Waals surface area contributed by atoms with E-state index in [9.17, 15) is 14.0 Å². The average molecular weight is 421 g/mol. The van der Waals surface area contributed by atoms with Crippen molar-refractivity contribution >= 4 is 22.8 Å². The second kappa shape index (κ2) is 7.12. The number of ether oxygens (including phenoxy) is 1. The van der Waals surface area contributed by atoms with Crippen molar-refractivity contribution in [2.75, 3.05) is 18.6 Å². The van der Waals surface area contributed by atoms with Gasteiger partial charge in [-0.05, 0) is 42.0 Å². The maximum Gasteiger partial charge on any atom is 0.332 e. The summed E-state index contributed by atoms with van der Waals surface area (Å²) in [5, 5.41) is 0. The lowest BCUT2D eigenvalue weighted by molar-refractivity contribution is 0.415. The predicted molar refractivity (Wildman–Crippen MR) is 115 cm³/mol. The molecule has 1 aliphatic rings. The molecule has 0 saturated heterocycles. The number of benzene rings is 2. The predicted octanol–water partition coefficient (Wildman–Crippen LogP) is 2.24. The van der Waals surface area contributed by atoms with E-state index in [1.165, 1.54) is 21.3 Å². The van der Waals surface area contributed by atoms with Crippen molar-refractivity contribution in [2.45, 2.75) is 13.1 Å². The molecule has 2 aromatic heterocycles. The van der Waals surface area contributed by atoms with Gasteiger partial charge in [-0.25, -0.2) is 9.18 Å². The summed E-state index contributed by atoms with van der Waals surface area (Å²) in [4.78, 5) is 32.8. The number of hydrogen-bond acceptors (Lipinski definition) is 5. The van der Waals surface area contributed by atoms with Gasteiger partial charge in [0, 0.05) is 25.8 Å². The van der Waals surface area contributed by atoms with Crippen molar-refractivity contribution in [3.8, 4) is 5.75 Å². The van der Waals surface area contributed by atoms with Gasteiger partial charge in [-0.1, -0.05) is 12.1 Å². The first-order valence-electron chi connectivity index (χ1n) is 9.84. The minimum Gasteiger partial charge on any atom is -0.497 e. The van der Waals surface area contributed by atoms with Crippen LogP contribution in [0.3, 0.4) is 0 Å². The maximum atomic E-state index is 13.3. The molecule has 0 bridgehead atoms.